The van der Waals surface area contributed by atoms with Crippen molar-refractivity contribution < 1.29 is 8.78 Å². The highest BCUT2D eigenvalue weighted by molar-refractivity contribution is 7.99. The minimum Gasteiger partial charge on any atom is -0.399 e. The van der Waals surface area contributed by atoms with E-state index in [1.165, 1.54) is 17.8 Å². The Balaban J connectivity index is 1.98. The molecule has 21 heavy (non-hydrogen) atoms. The van der Waals surface area contributed by atoms with Gasteiger partial charge in [-0.2, -0.15) is 0 Å². The fraction of sp³-hybridized carbons (Fsp3) is 0.133. The van der Waals surface area contributed by atoms with Crippen LogP contribution in [0.1, 0.15) is 17.6 Å². The number of hydrogen-bond acceptors (Lipinski definition) is 3. The largest absolute Gasteiger partial charge is 0.399 e. The molecule has 0 spiro atoms. The lowest BCUT2D eigenvalue weighted by molar-refractivity contribution is 0.148. The zero-order valence-corrected chi connectivity index (χ0v) is 12.0. The summed E-state index contributed by atoms with van der Waals surface area (Å²) in [6.07, 6.45) is -2.57. The first-order valence-corrected chi connectivity index (χ1v) is 7.16. The molecule has 0 saturated carbocycles. The van der Waals surface area contributed by atoms with Crippen molar-refractivity contribution in [2.75, 3.05) is 5.73 Å². The first kappa shape index (κ1) is 13.9. The summed E-state index contributed by atoms with van der Waals surface area (Å²) in [6.45, 7) is 1.99. The fourth-order valence-electron chi connectivity index (χ4n) is 2.08. The van der Waals surface area contributed by atoms with Crippen molar-refractivity contribution in [1.82, 2.24) is 9.97 Å². The van der Waals surface area contributed by atoms with Crippen LogP contribution in [-0.2, 0) is 0 Å². The molecular weight excluding hydrogens is 292 g/mol. The zero-order valence-electron chi connectivity index (χ0n) is 11.2. The average molecular weight is 305 g/mol. The fourth-order valence-corrected chi connectivity index (χ4v) is 3.00. The van der Waals surface area contributed by atoms with E-state index < -0.39 is 6.43 Å². The van der Waals surface area contributed by atoms with Crippen LogP contribution in [0.5, 0.6) is 0 Å². The number of alkyl halides is 2. The van der Waals surface area contributed by atoms with Gasteiger partial charge in [0.15, 0.2) is 5.16 Å². The summed E-state index contributed by atoms with van der Waals surface area (Å²) in [7, 11) is 0. The Morgan fingerprint density at radius 1 is 1.19 bits per heavy atom. The molecule has 3 nitrogen and oxygen atoms in total. The van der Waals surface area contributed by atoms with Crippen LogP contribution in [0.15, 0.2) is 46.5 Å². The molecule has 2 aromatic carbocycles. The van der Waals surface area contributed by atoms with Gasteiger partial charge in [0.25, 0.3) is 6.43 Å². The number of nitrogens with one attached hydrogen (secondary N) is 1. The van der Waals surface area contributed by atoms with Crippen molar-refractivity contribution in [3.63, 3.8) is 0 Å². The number of halogens is 2. The molecule has 0 aliphatic heterocycles. The number of hydrogen-bond donors (Lipinski definition) is 2. The van der Waals surface area contributed by atoms with E-state index in [4.69, 9.17) is 5.73 Å². The molecule has 1 aromatic heterocycles. The van der Waals surface area contributed by atoms with Crippen molar-refractivity contribution in [1.29, 1.82) is 0 Å². The third-order valence-electron chi connectivity index (χ3n) is 3.09. The van der Waals surface area contributed by atoms with E-state index in [-0.39, 0.29) is 5.56 Å². The van der Waals surface area contributed by atoms with Gasteiger partial charge in [-0.05, 0) is 42.8 Å². The SMILES string of the molecule is Cc1ccc2nc(Sc3ccc(N)cc3C(F)F)[nH]c2c1. The Hall–Kier alpha value is -2.08. The van der Waals surface area contributed by atoms with E-state index in [2.05, 4.69) is 9.97 Å². The normalized spacial score (nSPS) is 11.4. The van der Waals surface area contributed by atoms with Crippen LogP contribution in [0, 0.1) is 6.92 Å². The number of nitrogens with two attached hydrogens (primary N) is 1. The molecule has 3 aromatic rings. The number of aromatic amines is 1. The Morgan fingerprint density at radius 3 is 2.76 bits per heavy atom. The lowest BCUT2D eigenvalue weighted by atomic mass is 10.2. The summed E-state index contributed by atoms with van der Waals surface area (Å²) in [4.78, 5) is 8.00. The average Bonchev–Trinajstić information content (AvgIpc) is 2.82. The van der Waals surface area contributed by atoms with Crippen LogP contribution in [-0.4, -0.2) is 9.97 Å². The van der Waals surface area contributed by atoms with E-state index in [0.717, 1.165) is 16.6 Å². The second-order valence-electron chi connectivity index (χ2n) is 4.76. The quantitative estimate of drug-likeness (QED) is 0.698. The van der Waals surface area contributed by atoms with Gasteiger partial charge in [-0.25, -0.2) is 13.8 Å². The highest BCUT2D eigenvalue weighted by atomic mass is 32.2. The van der Waals surface area contributed by atoms with Gasteiger partial charge in [0.1, 0.15) is 0 Å². The van der Waals surface area contributed by atoms with Crippen LogP contribution in [0.4, 0.5) is 14.5 Å². The lowest BCUT2D eigenvalue weighted by Crippen LogP contribution is -1.93. The molecular formula is C15H13F2N3S. The number of H-pyrrole nitrogens is 1. The smallest absolute Gasteiger partial charge is 0.265 e. The summed E-state index contributed by atoms with van der Waals surface area (Å²) >= 11 is 1.18. The maximum absolute atomic E-state index is 13.1. The summed E-state index contributed by atoms with van der Waals surface area (Å²) in [5.41, 5.74) is 8.65. The molecule has 0 bridgehead atoms. The number of benzene rings is 2. The van der Waals surface area contributed by atoms with Gasteiger partial charge < -0.3 is 10.7 Å². The van der Waals surface area contributed by atoms with Gasteiger partial charge in [-0.15, -0.1) is 0 Å². The number of nitrogen functional groups attached to an aromatic ring is 1. The third-order valence-corrected chi connectivity index (χ3v) is 4.07. The summed E-state index contributed by atoms with van der Waals surface area (Å²) in [5.74, 6) is 0. The van der Waals surface area contributed by atoms with Gasteiger partial charge in [0.2, 0.25) is 0 Å². The standard InChI is InChI=1S/C15H13F2N3S/c1-8-2-4-11-12(6-8)20-15(19-11)21-13-5-3-9(18)7-10(13)14(16)17/h2-7,14H,18H2,1H3,(H,19,20). The molecule has 108 valence electrons. The predicted octanol–water partition coefficient (Wildman–Crippen LogP) is 4.54. The van der Waals surface area contributed by atoms with Crippen LogP contribution >= 0.6 is 11.8 Å². The highest BCUT2D eigenvalue weighted by Gasteiger charge is 2.15. The molecule has 0 atom stereocenters. The zero-order chi connectivity index (χ0) is 15.0. The molecule has 0 aliphatic rings. The topological polar surface area (TPSA) is 54.7 Å². The maximum Gasteiger partial charge on any atom is 0.265 e. The van der Waals surface area contributed by atoms with Crippen LogP contribution in [0.2, 0.25) is 0 Å². The van der Waals surface area contributed by atoms with Gasteiger partial charge in [0.05, 0.1) is 11.0 Å². The van der Waals surface area contributed by atoms with Crippen LogP contribution < -0.4 is 5.73 Å². The van der Waals surface area contributed by atoms with E-state index in [0.29, 0.717) is 15.7 Å². The van der Waals surface area contributed by atoms with Gasteiger partial charge in [-0.3, -0.25) is 0 Å². The van der Waals surface area contributed by atoms with E-state index in [1.807, 2.05) is 25.1 Å². The summed E-state index contributed by atoms with van der Waals surface area (Å²) in [5, 5.41) is 0.585. The first-order valence-electron chi connectivity index (χ1n) is 6.35. The van der Waals surface area contributed by atoms with Crippen molar-refractivity contribution in [2.24, 2.45) is 0 Å². The van der Waals surface area contributed by atoms with Crippen molar-refractivity contribution >= 4 is 28.5 Å². The number of anilines is 1. The number of nitrogens with zero attached hydrogens (tertiary/aromatic N) is 1. The van der Waals surface area contributed by atoms with E-state index in [9.17, 15) is 8.78 Å². The molecule has 0 radical (unpaired) electrons. The predicted molar refractivity (Wildman–Crippen MR) is 80.8 cm³/mol. The van der Waals surface area contributed by atoms with E-state index in [1.54, 1.807) is 12.1 Å². The Kier molecular flexibility index (Phi) is 3.55. The van der Waals surface area contributed by atoms with Gasteiger partial charge >= 0.3 is 0 Å². The molecule has 0 fully saturated rings. The highest BCUT2D eigenvalue weighted by Crippen LogP contribution is 2.35. The maximum atomic E-state index is 13.1. The number of rotatable bonds is 3. The minimum absolute atomic E-state index is 0.0726. The van der Waals surface area contributed by atoms with Gasteiger partial charge in [-0.1, -0.05) is 17.8 Å². The molecule has 0 unspecified atom stereocenters. The van der Waals surface area contributed by atoms with Gasteiger partial charge in [0, 0.05) is 16.1 Å². The Labute approximate surface area is 124 Å². The Morgan fingerprint density at radius 2 is 2.00 bits per heavy atom. The van der Waals surface area contributed by atoms with Crippen LogP contribution in [0.3, 0.4) is 0 Å². The molecule has 6 heteroatoms. The van der Waals surface area contributed by atoms with Crippen molar-refractivity contribution in [2.45, 2.75) is 23.4 Å². The molecule has 0 saturated heterocycles. The third kappa shape index (κ3) is 2.85. The monoisotopic (exact) mass is 305 g/mol. The number of aromatic nitrogens is 2. The molecule has 0 aliphatic carbocycles. The number of imidazole rings is 1. The molecule has 3 N–H and O–H groups in total. The molecule has 0 amide bonds. The lowest BCUT2D eigenvalue weighted by Gasteiger charge is -2.07. The minimum atomic E-state index is -2.57. The molecule has 3 rings (SSSR count). The summed E-state index contributed by atoms with van der Waals surface area (Å²) < 4.78 is 26.1. The molecule has 1 heterocycles. The van der Waals surface area contributed by atoms with Crippen molar-refractivity contribution in [3.05, 3.63) is 47.5 Å². The summed E-state index contributed by atoms with van der Waals surface area (Å²) in [6, 6.07) is 10.4. The van der Waals surface area contributed by atoms with Crippen molar-refractivity contribution in [3.8, 4) is 0 Å². The first-order chi connectivity index (χ1) is 10.0. The number of aryl methyl sites for hydroxylation is 1. The second-order valence-corrected chi connectivity index (χ2v) is 5.79. The van der Waals surface area contributed by atoms with E-state index >= 15 is 0 Å². The second kappa shape index (κ2) is 5.37. The van der Waals surface area contributed by atoms with Crippen LogP contribution in [0.25, 0.3) is 11.0 Å². The number of fused-ring (bicyclic) bond motifs is 1. The Bertz CT molecular complexity index is 799.